The molecule has 3 nitrogen and oxygen atoms in total. The van der Waals surface area contributed by atoms with E-state index in [1.54, 1.807) is 6.07 Å². The van der Waals surface area contributed by atoms with Gasteiger partial charge in [-0.3, -0.25) is 5.32 Å². The van der Waals surface area contributed by atoms with Gasteiger partial charge in [0.25, 0.3) is 0 Å². The van der Waals surface area contributed by atoms with Gasteiger partial charge in [-0.15, -0.1) is 0 Å². The van der Waals surface area contributed by atoms with Crippen LogP contribution in [-0.4, -0.2) is 11.1 Å². The minimum Gasteiger partial charge on any atom is -0.508 e. The van der Waals surface area contributed by atoms with Gasteiger partial charge in [0.2, 0.25) is 0 Å². The lowest BCUT2D eigenvalue weighted by Gasteiger charge is -2.27. The van der Waals surface area contributed by atoms with E-state index in [0.717, 1.165) is 24.8 Å². The fourth-order valence-electron chi connectivity index (χ4n) is 2.06. The number of piperidine rings is 1. The van der Waals surface area contributed by atoms with Gasteiger partial charge >= 0.3 is 0 Å². The Morgan fingerprint density at radius 3 is 2.87 bits per heavy atom. The first-order chi connectivity index (χ1) is 7.31. The first-order valence-corrected chi connectivity index (χ1v) is 5.25. The van der Waals surface area contributed by atoms with Gasteiger partial charge in [0.15, 0.2) is 0 Å². The molecule has 0 radical (unpaired) electrons. The van der Waals surface area contributed by atoms with Gasteiger partial charge in [-0.2, -0.15) is 5.26 Å². The third-order valence-corrected chi connectivity index (χ3v) is 2.86. The molecule has 0 bridgehead atoms. The maximum absolute atomic E-state index is 9.70. The molecule has 0 spiro atoms. The molecule has 1 aliphatic rings. The Hall–Kier alpha value is -1.53. The molecule has 2 atom stereocenters. The second kappa shape index (κ2) is 4.33. The Morgan fingerprint density at radius 1 is 1.33 bits per heavy atom. The van der Waals surface area contributed by atoms with Crippen LogP contribution in [0.25, 0.3) is 0 Å². The van der Waals surface area contributed by atoms with Crippen LogP contribution in [0.4, 0.5) is 0 Å². The Kier molecular flexibility index (Phi) is 2.89. The lowest BCUT2D eigenvalue weighted by molar-refractivity contribution is 0.356. The highest BCUT2D eigenvalue weighted by Crippen LogP contribution is 2.30. The number of benzene rings is 1. The van der Waals surface area contributed by atoms with Crippen molar-refractivity contribution in [2.45, 2.75) is 31.3 Å². The van der Waals surface area contributed by atoms with Crippen molar-refractivity contribution in [2.75, 3.05) is 0 Å². The van der Waals surface area contributed by atoms with Gasteiger partial charge in [-0.1, -0.05) is 18.2 Å². The highest BCUT2D eigenvalue weighted by molar-refractivity contribution is 5.35. The van der Waals surface area contributed by atoms with Gasteiger partial charge in [0.1, 0.15) is 5.75 Å². The van der Waals surface area contributed by atoms with Crippen molar-refractivity contribution >= 4 is 0 Å². The van der Waals surface area contributed by atoms with E-state index in [1.165, 1.54) is 0 Å². The number of para-hydroxylation sites is 1. The lowest BCUT2D eigenvalue weighted by atomic mass is 9.93. The van der Waals surface area contributed by atoms with Crippen molar-refractivity contribution in [1.82, 2.24) is 5.32 Å². The molecule has 1 aliphatic heterocycles. The standard InChI is InChI=1S/C12H14N2O/c13-8-9-4-3-6-11(14-9)10-5-1-2-7-12(10)15/h1-2,5,7,9,11,14-15H,3-4,6H2. The van der Waals surface area contributed by atoms with Crippen LogP contribution in [0.2, 0.25) is 0 Å². The monoisotopic (exact) mass is 202 g/mol. The molecule has 1 aromatic carbocycles. The molecule has 0 amide bonds. The first-order valence-electron chi connectivity index (χ1n) is 5.25. The van der Waals surface area contributed by atoms with Crippen LogP contribution in [0, 0.1) is 11.3 Å². The zero-order valence-electron chi connectivity index (χ0n) is 8.48. The van der Waals surface area contributed by atoms with Gasteiger partial charge in [-0.25, -0.2) is 0 Å². The van der Waals surface area contributed by atoms with Crippen molar-refractivity contribution in [3.05, 3.63) is 29.8 Å². The van der Waals surface area contributed by atoms with Crippen LogP contribution in [0.1, 0.15) is 30.9 Å². The zero-order chi connectivity index (χ0) is 10.7. The summed E-state index contributed by atoms with van der Waals surface area (Å²) in [7, 11) is 0. The Labute approximate surface area is 89.4 Å². The van der Waals surface area contributed by atoms with Gasteiger partial charge in [-0.05, 0) is 25.3 Å². The average molecular weight is 202 g/mol. The number of aromatic hydroxyl groups is 1. The van der Waals surface area contributed by atoms with Crippen molar-refractivity contribution in [1.29, 1.82) is 5.26 Å². The minimum atomic E-state index is -0.0802. The maximum atomic E-state index is 9.70. The van der Waals surface area contributed by atoms with Gasteiger partial charge < -0.3 is 5.11 Å². The second-order valence-corrected chi connectivity index (χ2v) is 3.89. The summed E-state index contributed by atoms with van der Waals surface area (Å²) >= 11 is 0. The Bertz CT molecular complexity index is 383. The third-order valence-electron chi connectivity index (χ3n) is 2.86. The summed E-state index contributed by atoms with van der Waals surface area (Å²) in [6.07, 6.45) is 2.92. The smallest absolute Gasteiger partial charge is 0.120 e. The molecule has 2 unspecified atom stereocenters. The minimum absolute atomic E-state index is 0.0802. The molecule has 1 heterocycles. The summed E-state index contributed by atoms with van der Waals surface area (Å²) in [5, 5.41) is 21.8. The number of hydrogen-bond donors (Lipinski definition) is 2. The van der Waals surface area contributed by atoms with E-state index in [1.807, 2.05) is 18.2 Å². The molecule has 15 heavy (non-hydrogen) atoms. The predicted molar refractivity (Wildman–Crippen MR) is 57.2 cm³/mol. The van der Waals surface area contributed by atoms with E-state index in [2.05, 4.69) is 11.4 Å². The van der Waals surface area contributed by atoms with E-state index in [4.69, 9.17) is 5.26 Å². The maximum Gasteiger partial charge on any atom is 0.120 e. The van der Waals surface area contributed by atoms with Gasteiger partial charge in [0.05, 0.1) is 12.1 Å². The number of rotatable bonds is 1. The summed E-state index contributed by atoms with van der Waals surface area (Å²) in [5.41, 5.74) is 0.900. The average Bonchev–Trinajstić information content (AvgIpc) is 2.30. The summed E-state index contributed by atoms with van der Waals surface area (Å²) in [4.78, 5) is 0. The van der Waals surface area contributed by atoms with E-state index in [9.17, 15) is 5.11 Å². The normalized spacial score (nSPS) is 25.8. The fraction of sp³-hybridized carbons (Fsp3) is 0.417. The van der Waals surface area contributed by atoms with E-state index < -0.39 is 0 Å². The van der Waals surface area contributed by atoms with E-state index in [0.29, 0.717) is 5.75 Å². The molecule has 1 fully saturated rings. The zero-order valence-corrected chi connectivity index (χ0v) is 8.48. The van der Waals surface area contributed by atoms with Gasteiger partial charge in [0, 0.05) is 11.6 Å². The highest BCUT2D eigenvalue weighted by atomic mass is 16.3. The predicted octanol–water partition coefficient (Wildman–Crippen LogP) is 2.10. The largest absolute Gasteiger partial charge is 0.508 e. The van der Waals surface area contributed by atoms with Crippen molar-refractivity contribution in [3.63, 3.8) is 0 Å². The van der Waals surface area contributed by atoms with Crippen LogP contribution in [-0.2, 0) is 0 Å². The molecule has 1 aromatic rings. The van der Waals surface area contributed by atoms with Crippen molar-refractivity contribution in [2.24, 2.45) is 0 Å². The third kappa shape index (κ3) is 2.11. The SMILES string of the molecule is N#CC1CCCC(c2ccccc2O)N1. The quantitative estimate of drug-likeness (QED) is 0.733. The molecular weight excluding hydrogens is 188 g/mol. The molecule has 3 heteroatoms. The second-order valence-electron chi connectivity index (χ2n) is 3.89. The summed E-state index contributed by atoms with van der Waals surface area (Å²) < 4.78 is 0. The number of nitrogens with one attached hydrogen (secondary N) is 1. The first kappa shape index (κ1) is 10.0. The number of hydrogen-bond acceptors (Lipinski definition) is 3. The molecule has 2 rings (SSSR count). The Balaban J connectivity index is 2.18. The van der Waals surface area contributed by atoms with Crippen LogP contribution >= 0.6 is 0 Å². The number of nitriles is 1. The van der Waals surface area contributed by atoms with E-state index >= 15 is 0 Å². The molecule has 0 saturated carbocycles. The topological polar surface area (TPSA) is 56.0 Å². The number of phenols is 1. The molecule has 0 aromatic heterocycles. The van der Waals surface area contributed by atoms with Crippen molar-refractivity contribution in [3.8, 4) is 11.8 Å². The number of phenolic OH excluding ortho intramolecular Hbond substituents is 1. The van der Waals surface area contributed by atoms with Crippen LogP contribution in [0.3, 0.4) is 0 Å². The van der Waals surface area contributed by atoms with Crippen LogP contribution in [0.5, 0.6) is 5.75 Å². The summed E-state index contributed by atoms with van der Waals surface area (Å²) in [6, 6.07) is 9.58. The Morgan fingerprint density at radius 2 is 2.13 bits per heavy atom. The highest BCUT2D eigenvalue weighted by Gasteiger charge is 2.23. The van der Waals surface area contributed by atoms with Crippen LogP contribution in [0.15, 0.2) is 24.3 Å². The van der Waals surface area contributed by atoms with Crippen LogP contribution < -0.4 is 5.32 Å². The molecule has 1 saturated heterocycles. The molecular formula is C12H14N2O. The van der Waals surface area contributed by atoms with E-state index in [-0.39, 0.29) is 12.1 Å². The molecule has 0 aliphatic carbocycles. The summed E-state index contributed by atoms with van der Waals surface area (Å²) in [5.74, 6) is 0.314. The number of nitrogens with zero attached hydrogens (tertiary/aromatic N) is 1. The fourth-order valence-corrected chi connectivity index (χ4v) is 2.06. The molecule has 78 valence electrons. The molecule has 2 N–H and O–H groups in total. The lowest BCUT2D eigenvalue weighted by Crippen LogP contribution is -2.35. The van der Waals surface area contributed by atoms with Crippen molar-refractivity contribution < 1.29 is 5.11 Å². The summed E-state index contributed by atoms with van der Waals surface area (Å²) in [6.45, 7) is 0.